The minimum Gasteiger partial charge on any atom is -0.302 e. The molecule has 0 amide bonds. The van der Waals surface area contributed by atoms with Crippen LogP contribution in [0.4, 0.5) is 0 Å². The molecule has 2 nitrogen and oxygen atoms in total. The van der Waals surface area contributed by atoms with Gasteiger partial charge >= 0.3 is 0 Å². The summed E-state index contributed by atoms with van der Waals surface area (Å²) < 4.78 is 0. The summed E-state index contributed by atoms with van der Waals surface area (Å²) in [6, 6.07) is 10.2. The maximum Gasteiger partial charge on any atom is 0.0575 e. The third-order valence-corrected chi connectivity index (χ3v) is 1.56. The van der Waals surface area contributed by atoms with Crippen LogP contribution in [0.25, 0.3) is 0 Å². The highest BCUT2D eigenvalue weighted by Crippen LogP contribution is 2.01. The van der Waals surface area contributed by atoms with Crippen molar-refractivity contribution in [2.45, 2.75) is 6.54 Å². The molecule has 0 spiro atoms. The van der Waals surface area contributed by atoms with E-state index < -0.39 is 0 Å². The molecule has 0 aromatic heterocycles. The Morgan fingerprint density at radius 2 is 1.91 bits per heavy atom. The van der Waals surface area contributed by atoms with Crippen molar-refractivity contribution in [2.24, 2.45) is 0 Å². The van der Waals surface area contributed by atoms with E-state index in [2.05, 4.69) is 12.1 Å². The average molecular weight is 151 g/mol. The largest absolute Gasteiger partial charge is 0.302 e. The minimum atomic E-state index is 0.831. The second-order valence-corrected chi connectivity index (χ2v) is 2.45. The molecule has 1 aromatic rings. The first-order chi connectivity index (χ1) is 5.33. The van der Waals surface area contributed by atoms with E-state index in [4.69, 9.17) is 4.84 Å². The molecule has 2 heteroatoms. The van der Waals surface area contributed by atoms with Crippen LogP contribution in [0.2, 0.25) is 0 Å². The molecule has 0 N–H and O–H groups in total. The predicted octanol–water partition coefficient (Wildman–Crippen LogP) is 1.68. The quantitative estimate of drug-likeness (QED) is 0.609. The first-order valence-corrected chi connectivity index (χ1v) is 3.62. The molecule has 1 aromatic carbocycles. The molecular weight excluding hydrogens is 138 g/mol. The van der Waals surface area contributed by atoms with Gasteiger partial charge in [0.2, 0.25) is 0 Å². The van der Waals surface area contributed by atoms with Gasteiger partial charge in [-0.05, 0) is 5.56 Å². The van der Waals surface area contributed by atoms with Gasteiger partial charge in [-0.2, -0.15) is 5.06 Å². The van der Waals surface area contributed by atoms with Crippen molar-refractivity contribution in [2.75, 3.05) is 14.2 Å². The van der Waals surface area contributed by atoms with Crippen LogP contribution in [0.5, 0.6) is 0 Å². The Morgan fingerprint density at radius 1 is 1.27 bits per heavy atom. The van der Waals surface area contributed by atoms with Crippen LogP contribution in [-0.2, 0) is 11.4 Å². The summed E-state index contributed by atoms with van der Waals surface area (Å²) in [6.45, 7) is 0.831. The highest BCUT2D eigenvalue weighted by Gasteiger charge is 1.95. The summed E-state index contributed by atoms with van der Waals surface area (Å²) in [5.74, 6) is 0. The van der Waals surface area contributed by atoms with Crippen molar-refractivity contribution >= 4 is 0 Å². The van der Waals surface area contributed by atoms with Gasteiger partial charge in [-0.1, -0.05) is 30.3 Å². The fourth-order valence-corrected chi connectivity index (χ4v) is 0.905. The minimum absolute atomic E-state index is 0.831. The molecule has 11 heavy (non-hydrogen) atoms. The van der Waals surface area contributed by atoms with Gasteiger partial charge < -0.3 is 4.84 Å². The third kappa shape index (κ3) is 2.70. The lowest BCUT2D eigenvalue weighted by Gasteiger charge is -2.12. The van der Waals surface area contributed by atoms with Gasteiger partial charge in [0.15, 0.2) is 0 Å². The van der Waals surface area contributed by atoms with Crippen molar-refractivity contribution in [3.63, 3.8) is 0 Å². The summed E-state index contributed by atoms with van der Waals surface area (Å²) >= 11 is 0. The summed E-state index contributed by atoms with van der Waals surface area (Å²) in [5, 5.41) is 1.79. The molecule has 0 aliphatic carbocycles. The van der Waals surface area contributed by atoms with Gasteiger partial charge in [-0.15, -0.1) is 0 Å². The maximum absolute atomic E-state index is 4.99. The number of rotatable bonds is 3. The average Bonchev–Trinajstić information content (AvgIpc) is 2.06. The monoisotopic (exact) mass is 151 g/mol. The first kappa shape index (κ1) is 8.24. The van der Waals surface area contributed by atoms with Crippen molar-refractivity contribution in [1.29, 1.82) is 0 Å². The molecule has 1 rings (SSSR count). The van der Waals surface area contributed by atoms with Crippen molar-refractivity contribution in [3.05, 3.63) is 35.9 Å². The number of hydrogen-bond acceptors (Lipinski definition) is 2. The zero-order valence-electron chi connectivity index (χ0n) is 6.95. The molecule has 0 unspecified atom stereocenters. The second-order valence-electron chi connectivity index (χ2n) is 2.45. The summed E-state index contributed by atoms with van der Waals surface area (Å²) in [5.41, 5.74) is 1.26. The van der Waals surface area contributed by atoms with Crippen LogP contribution >= 0.6 is 0 Å². The van der Waals surface area contributed by atoms with Crippen molar-refractivity contribution in [3.8, 4) is 0 Å². The zero-order valence-corrected chi connectivity index (χ0v) is 6.95. The van der Waals surface area contributed by atoms with Crippen molar-refractivity contribution in [1.82, 2.24) is 5.06 Å². The molecule has 0 aliphatic rings. The van der Waals surface area contributed by atoms with E-state index in [1.807, 2.05) is 25.2 Å². The lowest BCUT2D eigenvalue weighted by molar-refractivity contribution is -0.116. The van der Waals surface area contributed by atoms with E-state index in [1.54, 1.807) is 12.2 Å². The standard InChI is InChI=1S/C9H13NO/c1-10(11-2)8-9-6-4-3-5-7-9/h3-7H,8H2,1-2H3. The third-order valence-electron chi connectivity index (χ3n) is 1.56. The number of hydrogen-bond donors (Lipinski definition) is 0. The molecule has 0 aliphatic heterocycles. The number of hydroxylamine groups is 2. The Labute approximate surface area is 67.4 Å². The van der Waals surface area contributed by atoms with Crippen LogP contribution in [0.15, 0.2) is 30.3 Å². The predicted molar refractivity (Wildman–Crippen MR) is 44.9 cm³/mol. The summed E-state index contributed by atoms with van der Waals surface area (Å²) in [4.78, 5) is 4.99. The lowest BCUT2D eigenvalue weighted by Crippen LogP contribution is -2.15. The lowest BCUT2D eigenvalue weighted by atomic mass is 10.2. The normalized spacial score (nSPS) is 10.5. The smallest absolute Gasteiger partial charge is 0.0575 e. The van der Waals surface area contributed by atoms with Gasteiger partial charge in [0.25, 0.3) is 0 Å². The molecule has 0 saturated heterocycles. The van der Waals surface area contributed by atoms with Crippen LogP contribution in [-0.4, -0.2) is 19.2 Å². The Morgan fingerprint density at radius 3 is 2.45 bits per heavy atom. The van der Waals surface area contributed by atoms with Gasteiger partial charge in [-0.25, -0.2) is 0 Å². The highest BCUT2D eigenvalue weighted by molar-refractivity contribution is 5.13. The SMILES string of the molecule is CON(C)Cc1ccccc1. The number of benzene rings is 1. The molecule has 0 radical (unpaired) electrons. The van der Waals surface area contributed by atoms with Gasteiger partial charge in [-0.3, -0.25) is 0 Å². The zero-order chi connectivity index (χ0) is 8.10. The van der Waals surface area contributed by atoms with Crippen LogP contribution in [0, 0.1) is 0 Å². The first-order valence-electron chi connectivity index (χ1n) is 3.62. The van der Waals surface area contributed by atoms with Crippen molar-refractivity contribution < 1.29 is 4.84 Å². The summed E-state index contributed by atoms with van der Waals surface area (Å²) in [6.07, 6.45) is 0. The molecule has 0 heterocycles. The topological polar surface area (TPSA) is 12.5 Å². The Balaban J connectivity index is 2.51. The molecule has 0 fully saturated rings. The molecule has 60 valence electrons. The Kier molecular flexibility index (Phi) is 3.08. The van der Waals surface area contributed by atoms with E-state index in [0.717, 1.165) is 6.54 Å². The molecule has 0 atom stereocenters. The van der Waals surface area contributed by atoms with Gasteiger partial charge in [0, 0.05) is 13.6 Å². The number of nitrogens with zero attached hydrogens (tertiary/aromatic N) is 1. The summed E-state index contributed by atoms with van der Waals surface area (Å²) in [7, 11) is 3.58. The van der Waals surface area contributed by atoms with E-state index in [0.29, 0.717) is 0 Å². The maximum atomic E-state index is 4.99. The molecule has 0 bridgehead atoms. The van der Waals surface area contributed by atoms with E-state index >= 15 is 0 Å². The van der Waals surface area contributed by atoms with E-state index in [-0.39, 0.29) is 0 Å². The fraction of sp³-hybridized carbons (Fsp3) is 0.333. The molecule has 0 saturated carbocycles. The van der Waals surface area contributed by atoms with Crippen LogP contribution < -0.4 is 0 Å². The van der Waals surface area contributed by atoms with E-state index in [1.165, 1.54) is 5.56 Å². The fourth-order valence-electron chi connectivity index (χ4n) is 0.905. The van der Waals surface area contributed by atoms with Crippen LogP contribution in [0.3, 0.4) is 0 Å². The van der Waals surface area contributed by atoms with Crippen LogP contribution in [0.1, 0.15) is 5.56 Å². The Hall–Kier alpha value is -0.860. The Bertz CT molecular complexity index is 198. The highest BCUT2D eigenvalue weighted by atomic mass is 16.7. The molecular formula is C9H13NO. The second kappa shape index (κ2) is 4.11. The van der Waals surface area contributed by atoms with Gasteiger partial charge in [0.1, 0.15) is 0 Å². The van der Waals surface area contributed by atoms with E-state index in [9.17, 15) is 0 Å². The van der Waals surface area contributed by atoms with Gasteiger partial charge in [0.05, 0.1) is 7.11 Å².